The van der Waals surface area contributed by atoms with Crippen LogP contribution in [0, 0.1) is 45.3 Å². The predicted octanol–water partition coefficient (Wildman–Crippen LogP) is 13.6. The zero-order chi connectivity index (χ0) is 96.3. The normalized spacial score (nSPS) is 15.5. The van der Waals surface area contributed by atoms with Crippen molar-refractivity contribution in [3.8, 4) is 50.7 Å². The highest BCUT2D eigenvalue weighted by Gasteiger charge is 2.35. The summed E-state index contributed by atoms with van der Waals surface area (Å²) in [6.07, 6.45) is 7.45. The van der Waals surface area contributed by atoms with Crippen molar-refractivity contribution in [3.63, 3.8) is 0 Å². The molecular weight excluding hydrogens is 1730 g/mol. The van der Waals surface area contributed by atoms with Gasteiger partial charge in [-0.25, -0.2) is 23.1 Å². The number of nitrogens with zero attached hydrogens (tertiary/aromatic N) is 8. The molecule has 1 saturated heterocycles. The number of hydrogen-bond acceptors (Lipinski definition) is 19. The van der Waals surface area contributed by atoms with Gasteiger partial charge in [-0.3, -0.25) is 43.2 Å². The number of piperidine rings is 1. The van der Waals surface area contributed by atoms with Crippen LogP contribution in [0.15, 0.2) is 218 Å². The smallest absolute Gasteiger partial charge is 0.308 e. The van der Waals surface area contributed by atoms with Crippen LogP contribution in [0.5, 0.6) is 0 Å². The Kier molecular flexibility index (Phi) is 32.0. The van der Waals surface area contributed by atoms with Gasteiger partial charge in [0.05, 0.1) is 24.6 Å². The van der Waals surface area contributed by atoms with Crippen molar-refractivity contribution in [1.82, 2.24) is 65.7 Å². The van der Waals surface area contributed by atoms with Crippen LogP contribution in [0.4, 0.5) is 27.7 Å². The summed E-state index contributed by atoms with van der Waals surface area (Å²) in [5, 5.41) is 33.5. The van der Waals surface area contributed by atoms with Crippen LogP contribution in [0.2, 0.25) is 0 Å². The number of nitrogens with one attached hydrogen (secondary N) is 5. The summed E-state index contributed by atoms with van der Waals surface area (Å²) in [5.74, 6) is -2.79. The van der Waals surface area contributed by atoms with Gasteiger partial charge >= 0.3 is 5.97 Å². The molecule has 3 fully saturated rings. The minimum absolute atomic E-state index is 0.0128. The maximum atomic E-state index is 14.3. The zero-order valence-electron chi connectivity index (χ0n) is 75.7. The summed E-state index contributed by atoms with van der Waals surface area (Å²) in [6, 6.07) is 65.3. The fourth-order valence-corrected chi connectivity index (χ4v) is 17.2. The van der Waals surface area contributed by atoms with Crippen molar-refractivity contribution in [1.29, 1.82) is 0 Å². The topological polar surface area (TPSA) is 502 Å². The number of ether oxygens (including phenoxy) is 1. The van der Waals surface area contributed by atoms with Crippen molar-refractivity contribution in [2.45, 2.75) is 143 Å². The zero-order valence-corrected chi connectivity index (χ0v) is 76.5. The molecule has 698 valence electrons. The van der Waals surface area contributed by atoms with Crippen molar-refractivity contribution in [3.05, 3.63) is 313 Å². The number of benzene rings is 9. The number of para-hydroxylation sites is 1. The lowest BCUT2D eigenvalue weighted by Crippen LogP contribution is -2.32. The molecule has 135 heavy (non-hydrogen) atoms. The molecule has 0 spiro atoms. The Labute approximate surface area is 785 Å². The van der Waals surface area contributed by atoms with Gasteiger partial charge < -0.3 is 77.2 Å². The minimum atomic E-state index is -0.764. The number of primary amides is 4. The molecule has 16 rings (SSSR count). The van der Waals surface area contributed by atoms with Crippen LogP contribution in [0.1, 0.15) is 204 Å². The number of halogens is 2. The van der Waals surface area contributed by atoms with E-state index in [1.165, 1.54) is 16.8 Å². The first-order valence-corrected chi connectivity index (χ1v) is 45.1. The SMILES string of the molecule is CCOC(=O)C1CCC(n2nc(-c3ccc(CNC(=O)c4ccccc4C)cc3)c(C(N)=O)c2N)CC1.Cc1ccccc1C(=O)NCc1ccc(-c2nn(-c3ccccc3F)c(N)c2C(N)=O)cc1.Cc1ccccc1C(=O)NCc1ccc(-c2nn(C3CCC(Cl)C3)c(N)c2C(N)=O)cc1.Cc1ccccc1C(=O)NCc1ccc(-c2nn(CC3CCCNC3)c(N)c2C(N)=O)cc1. The fraction of sp³-hybridized carbons (Fsp3) is 0.265. The van der Waals surface area contributed by atoms with Gasteiger partial charge in [0.15, 0.2) is 0 Å². The van der Waals surface area contributed by atoms with Gasteiger partial charge in [-0.05, 0) is 192 Å². The summed E-state index contributed by atoms with van der Waals surface area (Å²) in [7, 11) is 0. The van der Waals surface area contributed by atoms with Gasteiger partial charge in [0, 0.05) is 82.6 Å². The summed E-state index contributed by atoms with van der Waals surface area (Å²) in [4.78, 5) is 111. The fourth-order valence-electron chi connectivity index (χ4n) is 16.9. The largest absolute Gasteiger partial charge is 0.466 e. The lowest BCUT2D eigenvalue weighted by Gasteiger charge is -2.28. The molecule has 2 saturated carbocycles. The van der Waals surface area contributed by atoms with Gasteiger partial charge in [0.1, 0.15) is 79.8 Å². The second kappa shape index (κ2) is 44.6. The Morgan fingerprint density at radius 2 is 0.756 bits per heavy atom. The van der Waals surface area contributed by atoms with Crippen molar-refractivity contribution in [2.75, 3.05) is 42.6 Å². The molecule has 3 aliphatic rings. The number of esters is 1. The Morgan fingerprint density at radius 3 is 1.10 bits per heavy atom. The molecule has 5 heterocycles. The van der Waals surface area contributed by atoms with Gasteiger partial charge in [-0.1, -0.05) is 182 Å². The molecule has 3 unspecified atom stereocenters. The lowest BCUT2D eigenvalue weighted by atomic mass is 9.86. The number of aryl methyl sites for hydroxylation is 4. The van der Waals surface area contributed by atoms with Gasteiger partial charge in [0.25, 0.3) is 47.3 Å². The predicted molar refractivity (Wildman–Crippen MR) is 519 cm³/mol. The summed E-state index contributed by atoms with van der Waals surface area (Å²) in [6.45, 7) is 13.8. The van der Waals surface area contributed by atoms with Crippen LogP contribution < -0.4 is 72.5 Å². The Bertz CT molecular complexity index is 6490. The number of carbonyl (C=O) groups is 9. The van der Waals surface area contributed by atoms with E-state index >= 15 is 0 Å². The van der Waals surface area contributed by atoms with E-state index < -0.39 is 29.4 Å². The minimum Gasteiger partial charge on any atom is -0.466 e. The number of hydrogen-bond donors (Lipinski definition) is 13. The molecule has 2 aliphatic carbocycles. The number of aromatic nitrogens is 8. The third kappa shape index (κ3) is 23.5. The molecule has 9 aromatic carbocycles. The van der Waals surface area contributed by atoms with Crippen molar-refractivity contribution >= 4 is 88.1 Å². The quantitative estimate of drug-likeness (QED) is 0.0168. The number of rotatable bonds is 27. The molecule has 0 bridgehead atoms. The van der Waals surface area contributed by atoms with Crippen LogP contribution in [-0.4, -0.2) is 117 Å². The first-order valence-electron chi connectivity index (χ1n) is 44.6. The second-order valence-electron chi connectivity index (χ2n) is 33.6. The molecule has 21 N–H and O–H groups in total. The van der Waals surface area contributed by atoms with Crippen LogP contribution in [0.25, 0.3) is 50.7 Å². The first-order chi connectivity index (χ1) is 64.9. The van der Waals surface area contributed by atoms with Crippen molar-refractivity contribution in [2.24, 2.45) is 34.8 Å². The average molecular weight is 1850 g/mol. The number of carbonyl (C=O) groups excluding carboxylic acids is 9. The highest BCUT2D eigenvalue weighted by Crippen LogP contribution is 2.41. The molecule has 1 aliphatic heterocycles. The standard InChI is InChI=1S/C28H33N5O4.C25H22FN5O2.C25H30N6O2.C24H26ClN5O2/c1-3-37-28(36)20-12-14-21(15-13-20)33-25(29)23(26(30)34)24(32-33)19-10-8-18(9-11-19)16-31-27(35)22-7-5-4-6-17(22)2;1-15-6-2-3-7-18(15)25(33)29-14-16-10-12-17(13-11-16)22-21(24(28)32)23(27)31(30-22)20-9-5-4-8-19(20)26;1-16-5-2-3-7-20(16)25(33)29-14-17-8-10-19(11-9-17)22-21(24(27)32)23(26)31(30-22)15-18-6-4-12-28-13-18;1-14-4-2-3-5-19(14)24(32)28-13-15-6-8-16(9-7-15)21-20(23(27)31)22(26)30(29-21)18-11-10-17(25)12-18/h4-11,20-21H,3,12-16,29H2,1-2H3,(H2,30,34)(H,31,35);2-13H,14,27H2,1H3,(H2,28,32)(H,29,33);2-3,5,7-11,18,28H,4,6,12-15,26H2,1H3,(H2,27,32)(H,29,33);2-9,17-18H,10-13,26H2,1H3,(H2,27,31)(H,28,32). The third-order valence-corrected chi connectivity index (χ3v) is 24.7. The molecular formula is C102H111ClFN21O10. The molecule has 4 aromatic heterocycles. The van der Waals surface area contributed by atoms with E-state index in [-0.39, 0.29) is 104 Å². The summed E-state index contributed by atoms with van der Waals surface area (Å²) in [5.41, 5.74) is 62.5. The van der Waals surface area contributed by atoms with E-state index in [2.05, 4.69) is 47.0 Å². The Balaban J connectivity index is 0.000000153. The van der Waals surface area contributed by atoms with Crippen LogP contribution >= 0.6 is 11.6 Å². The molecule has 13 aromatic rings. The van der Waals surface area contributed by atoms with E-state index in [0.29, 0.717) is 127 Å². The maximum Gasteiger partial charge on any atom is 0.308 e. The van der Waals surface area contributed by atoms with E-state index in [1.54, 1.807) is 75.6 Å². The molecule has 8 amide bonds. The van der Waals surface area contributed by atoms with E-state index in [9.17, 15) is 47.5 Å². The van der Waals surface area contributed by atoms with E-state index in [1.807, 2.05) is 179 Å². The highest BCUT2D eigenvalue weighted by molar-refractivity contribution is 6.20. The average Bonchev–Trinajstić information content (AvgIpc) is 1.62. The number of alkyl halides is 1. The van der Waals surface area contributed by atoms with Gasteiger partial charge in [0.2, 0.25) is 0 Å². The third-order valence-electron chi connectivity index (χ3n) is 24.3. The molecule has 31 nitrogen and oxygen atoms in total. The lowest BCUT2D eigenvalue weighted by molar-refractivity contribution is -0.149. The van der Waals surface area contributed by atoms with Gasteiger partial charge in [-0.2, -0.15) is 20.4 Å². The molecule has 33 heteroatoms. The number of nitrogens with two attached hydrogens (primary N) is 8. The molecule has 3 atom stereocenters. The van der Waals surface area contributed by atoms with Crippen LogP contribution in [-0.2, 0) is 42.3 Å². The monoisotopic (exact) mass is 1840 g/mol. The number of amides is 8. The first kappa shape index (κ1) is 97.0. The van der Waals surface area contributed by atoms with E-state index in [0.717, 1.165) is 101 Å². The highest BCUT2D eigenvalue weighted by atomic mass is 35.5. The maximum absolute atomic E-state index is 14.3. The van der Waals surface area contributed by atoms with E-state index in [4.69, 9.17) is 62.2 Å². The Morgan fingerprint density at radius 1 is 0.415 bits per heavy atom. The number of anilines is 4. The van der Waals surface area contributed by atoms with Gasteiger partial charge in [-0.15, -0.1) is 11.6 Å². The van der Waals surface area contributed by atoms with Crippen LogP contribution in [0.3, 0.4) is 0 Å². The molecule has 0 radical (unpaired) electrons. The van der Waals surface area contributed by atoms with Crippen molar-refractivity contribution < 1.29 is 52.3 Å². The summed E-state index contributed by atoms with van der Waals surface area (Å²) >= 11 is 6.25. The Hall–Kier alpha value is -15.6. The second-order valence-corrected chi connectivity index (χ2v) is 34.3. The number of nitrogen functional groups attached to an aromatic ring is 4. The summed E-state index contributed by atoms with van der Waals surface area (Å²) < 4.78 is 25.7.